The highest BCUT2D eigenvalue weighted by Gasteiger charge is 2.25. The van der Waals surface area contributed by atoms with Crippen LogP contribution in [0.25, 0.3) is 0 Å². The van der Waals surface area contributed by atoms with Gasteiger partial charge in [0, 0.05) is 6.61 Å². The molecule has 0 spiro atoms. The summed E-state index contributed by atoms with van der Waals surface area (Å²) in [7, 11) is 0. The number of aliphatic hydroxyl groups excluding tert-OH is 1. The Hall–Kier alpha value is -0.860. The Morgan fingerprint density at radius 2 is 1.89 bits per heavy atom. The number of ether oxygens (including phenoxy) is 1. The molecule has 0 saturated heterocycles. The third-order valence-corrected chi connectivity index (χ3v) is 4.17. The summed E-state index contributed by atoms with van der Waals surface area (Å²) in [4.78, 5) is 0. The van der Waals surface area contributed by atoms with Crippen LogP contribution in [0.1, 0.15) is 51.2 Å². The monoisotopic (exact) mass is 262 g/mol. The van der Waals surface area contributed by atoms with Crippen molar-refractivity contribution in [3.8, 4) is 0 Å². The molecule has 2 nitrogen and oxygen atoms in total. The van der Waals surface area contributed by atoms with Gasteiger partial charge in [-0.15, -0.1) is 0 Å². The number of benzene rings is 1. The van der Waals surface area contributed by atoms with Gasteiger partial charge in [0.1, 0.15) is 6.10 Å². The summed E-state index contributed by atoms with van der Waals surface area (Å²) in [5.41, 5.74) is 0.949. The van der Waals surface area contributed by atoms with Crippen LogP contribution in [0.15, 0.2) is 30.3 Å². The minimum Gasteiger partial charge on any atom is -0.386 e. The summed E-state index contributed by atoms with van der Waals surface area (Å²) >= 11 is 0. The Morgan fingerprint density at radius 1 is 1.21 bits per heavy atom. The van der Waals surface area contributed by atoms with E-state index >= 15 is 0 Å². The first-order valence-corrected chi connectivity index (χ1v) is 7.53. The van der Waals surface area contributed by atoms with Crippen LogP contribution in [0.5, 0.6) is 0 Å². The SMILES string of the molecule is CC(C)C(OCCC1CCC1)C(O)c1ccccc1. The van der Waals surface area contributed by atoms with Gasteiger partial charge in [0.15, 0.2) is 0 Å². The molecule has 0 aliphatic heterocycles. The second-order valence-corrected chi connectivity index (χ2v) is 6.02. The zero-order valence-corrected chi connectivity index (χ0v) is 12.1. The molecule has 2 heteroatoms. The van der Waals surface area contributed by atoms with Crippen molar-refractivity contribution in [1.82, 2.24) is 0 Å². The minimum atomic E-state index is -0.525. The predicted octanol–water partition coefficient (Wildman–Crippen LogP) is 3.95. The largest absolute Gasteiger partial charge is 0.386 e. The Morgan fingerprint density at radius 3 is 2.42 bits per heavy atom. The lowest BCUT2D eigenvalue weighted by atomic mass is 9.83. The van der Waals surface area contributed by atoms with Gasteiger partial charge in [-0.1, -0.05) is 63.4 Å². The lowest BCUT2D eigenvalue weighted by Crippen LogP contribution is -2.29. The highest BCUT2D eigenvalue weighted by molar-refractivity contribution is 5.18. The van der Waals surface area contributed by atoms with Crippen LogP contribution in [-0.4, -0.2) is 17.8 Å². The number of rotatable bonds is 7. The summed E-state index contributed by atoms with van der Waals surface area (Å²) in [6.45, 7) is 5.00. The number of hydrogen-bond acceptors (Lipinski definition) is 2. The van der Waals surface area contributed by atoms with Crippen molar-refractivity contribution in [2.45, 2.75) is 51.7 Å². The van der Waals surface area contributed by atoms with Crippen LogP contribution in [0.2, 0.25) is 0 Å². The van der Waals surface area contributed by atoms with Gasteiger partial charge >= 0.3 is 0 Å². The summed E-state index contributed by atoms with van der Waals surface area (Å²) < 4.78 is 5.98. The first-order valence-electron chi connectivity index (χ1n) is 7.53. The zero-order chi connectivity index (χ0) is 13.7. The average molecular weight is 262 g/mol. The zero-order valence-electron chi connectivity index (χ0n) is 12.1. The van der Waals surface area contributed by atoms with Crippen molar-refractivity contribution >= 4 is 0 Å². The molecule has 19 heavy (non-hydrogen) atoms. The van der Waals surface area contributed by atoms with Crippen molar-refractivity contribution in [3.63, 3.8) is 0 Å². The van der Waals surface area contributed by atoms with Crippen molar-refractivity contribution in [3.05, 3.63) is 35.9 Å². The molecule has 2 atom stereocenters. The maximum atomic E-state index is 10.5. The van der Waals surface area contributed by atoms with E-state index in [1.807, 2.05) is 30.3 Å². The molecular weight excluding hydrogens is 236 g/mol. The Balaban J connectivity index is 1.87. The van der Waals surface area contributed by atoms with E-state index in [1.54, 1.807) is 0 Å². The highest BCUT2D eigenvalue weighted by Crippen LogP contribution is 2.30. The van der Waals surface area contributed by atoms with E-state index in [1.165, 1.54) is 19.3 Å². The van der Waals surface area contributed by atoms with E-state index in [0.29, 0.717) is 5.92 Å². The first kappa shape index (κ1) is 14.5. The molecule has 0 aromatic heterocycles. The van der Waals surface area contributed by atoms with Gasteiger partial charge in [0.05, 0.1) is 6.10 Å². The van der Waals surface area contributed by atoms with Gasteiger partial charge in [0.2, 0.25) is 0 Å². The fraction of sp³-hybridized carbons (Fsp3) is 0.647. The molecular formula is C17H26O2. The fourth-order valence-electron chi connectivity index (χ4n) is 2.64. The van der Waals surface area contributed by atoms with Crippen LogP contribution >= 0.6 is 0 Å². The Bertz CT molecular complexity index is 357. The highest BCUT2D eigenvalue weighted by atomic mass is 16.5. The molecule has 1 saturated carbocycles. The van der Waals surface area contributed by atoms with E-state index in [0.717, 1.165) is 24.5 Å². The predicted molar refractivity (Wildman–Crippen MR) is 77.9 cm³/mol. The van der Waals surface area contributed by atoms with Crippen LogP contribution in [0.4, 0.5) is 0 Å². The molecule has 0 amide bonds. The van der Waals surface area contributed by atoms with Gasteiger partial charge < -0.3 is 9.84 Å². The first-order chi connectivity index (χ1) is 9.18. The van der Waals surface area contributed by atoms with E-state index in [4.69, 9.17) is 4.74 Å². The molecule has 1 fully saturated rings. The second-order valence-electron chi connectivity index (χ2n) is 6.02. The minimum absolute atomic E-state index is 0.109. The quantitative estimate of drug-likeness (QED) is 0.806. The maximum Gasteiger partial charge on any atom is 0.105 e. The third kappa shape index (κ3) is 4.05. The van der Waals surface area contributed by atoms with Crippen molar-refractivity contribution < 1.29 is 9.84 Å². The van der Waals surface area contributed by atoms with Crippen LogP contribution < -0.4 is 0 Å². The summed E-state index contributed by atoms with van der Waals surface area (Å²) in [5.74, 6) is 1.18. The molecule has 0 bridgehead atoms. The van der Waals surface area contributed by atoms with E-state index in [-0.39, 0.29) is 6.10 Å². The van der Waals surface area contributed by atoms with Gasteiger partial charge in [-0.25, -0.2) is 0 Å². The molecule has 1 aliphatic carbocycles. The molecule has 1 aromatic rings. The van der Waals surface area contributed by atoms with E-state index in [2.05, 4.69) is 13.8 Å². The lowest BCUT2D eigenvalue weighted by Gasteiger charge is -2.30. The number of hydrogen-bond donors (Lipinski definition) is 1. The topological polar surface area (TPSA) is 29.5 Å². The molecule has 2 rings (SSSR count). The smallest absolute Gasteiger partial charge is 0.105 e. The summed E-state index contributed by atoms with van der Waals surface area (Å²) in [6.07, 6.45) is 4.61. The Labute approximate surface area is 116 Å². The maximum absolute atomic E-state index is 10.5. The van der Waals surface area contributed by atoms with Crippen molar-refractivity contribution in [1.29, 1.82) is 0 Å². The fourth-order valence-corrected chi connectivity index (χ4v) is 2.64. The second kappa shape index (κ2) is 7.06. The molecule has 1 N–H and O–H groups in total. The van der Waals surface area contributed by atoms with Crippen LogP contribution in [-0.2, 0) is 4.74 Å². The molecule has 1 aromatic carbocycles. The van der Waals surface area contributed by atoms with Gasteiger partial charge in [-0.2, -0.15) is 0 Å². The van der Waals surface area contributed by atoms with E-state index in [9.17, 15) is 5.11 Å². The Kier molecular flexibility index (Phi) is 5.41. The number of aliphatic hydroxyl groups is 1. The van der Waals surface area contributed by atoms with Crippen LogP contribution in [0.3, 0.4) is 0 Å². The lowest BCUT2D eigenvalue weighted by molar-refractivity contribution is -0.0682. The molecule has 0 heterocycles. The van der Waals surface area contributed by atoms with Gasteiger partial charge in [-0.3, -0.25) is 0 Å². The third-order valence-electron chi connectivity index (χ3n) is 4.17. The van der Waals surface area contributed by atoms with Crippen LogP contribution in [0, 0.1) is 11.8 Å². The molecule has 106 valence electrons. The van der Waals surface area contributed by atoms with Crippen molar-refractivity contribution in [2.75, 3.05) is 6.61 Å². The molecule has 1 aliphatic rings. The molecule has 0 radical (unpaired) electrons. The van der Waals surface area contributed by atoms with Crippen molar-refractivity contribution in [2.24, 2.45) is 11.8 Å². The van der Waals surface area contributed by atoms with E-state index < -0.39 is 6.10 Å². The summed E-state index contributed by atoms with van der Waals surface area (Å²) in [5, 5.41) is 10.5. The summed E-state index contributed by atoms with van der Waals surface area (Å²) in [6, 6.07) is 9.83. The normalized spacial score (nSPS) is 19.2. The van der Waals surface area contributed by atoms with Gasteiger partial charge in [0.25, 0.3) is 0 Å². The standard InChI is InChI=1S/C17H26O2/c1-13(2)17(19-12-11-14-7-6-8-14)16(18)15-9-4-3-5-10-15/h3-5,9-10,13-14,16-18H,6-8,11-12H2,1-2H3. The molecule has 2 unspecified atom stereocenters. The average Bonchev–Trinajstić information content (AvgIpc) is 2.36. The van der Waals surface area contributed by atoms with Gasteiger partial charge in [-0.05, 0) is 23.8 Å².